The van der Waals surface area contributed by atoms with Crippen LogP contribution in [0.5, 0.6) is 0 Å². The van der Waals surface area contributed by atoms with Crippen molar-refractivity contribution in [1.29, 1.82) is 0 Å². The van der Waals surface area contributed by atoms with E-state index in [1.165, 1.54) is 0 Å². The van der Waals surface area contributed by atoms with E-state index in [2.05, 4.69) is 14.2 Å². The first-order valence-electron chi connectivity index (χ1n) is 5.98. The summed E-state index contributed by atoms with van der Waals surface area (Å²) in [5.41, 5.74) is 2.99. The zero-order chi connectivity index (χ0) is 13.8. The molecule has 0 fully saturated rings. The molecule has 2 rings (SSSR count). The van der Waals surface area contributed by atoms with Gasteiger partial charge in [0, 0.05) is 11.8 Å². The standard InChI is InChI=1S/C15H16NOP2/c1-11-6-5-8-13(18)15(11)16-10-12-7-3-4-9-14(12)19(2)17/h3-10H,18H2,1-2H3/q+1. The van der Waals surface area contributed by atoms with E-state index < -0.39 is 7.80 Å². The highest BCUT2D eigenvalue weighted by molar-refractivity contribution is 7.52. The molecular weight excluding hydrogens is 272 g/mol. The van der Waals surface area contributed by atoms with Gasteiger partial charge in [-0.1, -0.05) is 34.9 Å². The summed E-state index contributed by atoms with van der Waals surface area (Å²) in [5.74, 6) is 0. The Morgan fingerprint density at radius 1 is 1.16 bits per heavy atom. The Morgan fingerprint density at radius 3 is 2.58 bits per heavy atom. The summed E-state index contributed by atoms with van der Waals surface area (Å²) in [7, 11) is 1.33. The van der Waals surface area contributed by atoms with Gasteiger partial charge in [-0.3, -0.25) is 4.99 Å². The lowest BCUT2D eigenvalue weighted by Crippen LogP contribution is -2.04. The van der Waals surface area contributed by atoms with Gasteiger partial charge in [0.15, 0.2) is 5.30 Å². The van der Waals surface area contributed by atoms with Gasteiger partial charge in [-0.15, -0.1) is 9.24 Å². The van der Waals surface area contributed by atoms with Crippen LogP contribution in [0.4, 0.5) is 5.69 Å². The highest BCUT2D eigenvalue weighted by atomic mass is 31.1. The molecule has 0 spiro atoms. The molecule has 0 heterocycles. The Hall–Kier alpha value is -1.36. The monoisotopic (exact) mass is 288 g/mol. The molecule has 0 radical (unpaired) electrons. The van der Waals surface area contributed by atoms with Gasteiger partial charge in [0.2, 0.25) is 0 Å². The first-order valence-corrected chi connectivity index (χ1v) is 8.27. The molecule has 0 saturated heterocycles. The van der Waals surface area contributed by atoms with Crippen LogP contribution in [0.15, 0.2) is 47.5 Å². The van der Waals surface area contributed by atoms with Crippen molar-refractivity contribution in [1.82, 2.24) is 0 Å². The summed E-state index contributed by atoms with van der Waals surface area (Å²) in [6.45, 7) is 3.75. The number of aliphatic imine (C=N–C) groups is 1. The number of rotatable bonds is 3. The molecule has 2 nitrogen and oxygen atoms in total. The molecule has 2 atom stereocenters. The molecular formula is C15H16NOP2+. The minimum absolute atomic E-state index is 0.847. The van der Waals surface area contributed by atoms with Crippen molar-refractivity contribution in [2.24, 2.45) is 4.99 Å². The topological polar surface area (TPSA) is 29.4 Å². The van der Waals surface area contributed by atoms with Crippen LogP contribution >= 0.6 is 17.0 Å². The van der Waals surface area contributed by atoms with Crippen LogP contribution in [0.3, 0.4) is 0 Å². The van der Waals surface area contributed by atoms with E-state index >= 15 is 0 Å². The van der Waals surface area contributed by atoms with Crippen molar-refractivity contribution in [2.45, 2.75) is 6.92 Å². The summed E-state index contributed by atoms with van der Waals surface area (Å²) in [5, 5.41) is 1.91. The molecule has 2 aromatic carbocycles. The van der Waals surface area contributed by atoms with Gasteiger partial charge in [-0.25, -0.2) is 0 Å². The summed E-state index contributed by atoms with van der Waals surface area (Å²) in [4.78, 5) is 4.54. The molecule has 0 amide bonds. The molecule has 0 aliphatic rings. The van der Waals surface area contributed by atoms with E-state index in [1.807, 2.05) is 49.4 Å². The molecule has 2 unspecified atom stereocenters. The largest absolute Gasteiger partial charge is 0.374 e. The fourth-order valence-corrected chi connectivity index (χ4v) is 3.08. The zero-order valence-corrected chi connectivity index (χ0v) is 13.0. The Bertz CT molecular complexity index is 630. The van der Waals surface area contributed by atoms with Gasteiger partial charge in [0.1, 0.15) is 6.66 Å². The van der Waals surface area contributed by atoms with Crippen molar-refractivity contribution in [2.75, 3.05) is 6.66 Å². The normalized spacial score (nSPS) is 11.8. The fourth-order valence-electron chi connectivity index (χ4n) is 1.88. The van der Waals surface area contributed by atoms with Crippen LogP contribution in [0.25, 0.3) is 0 Å². The van der Waals surface area contributed by atoms with Gasteiger partial charge in [0.25, 0.3) is 0 Å². The number of hydrogen-bond donors (Lipinski definition) is 0. The third-order valence-electron chi connectivity index (χ3n) is 2.88. The molecule has 0 aliphatic carbocycles. The van der Waals surface area contributed by atoms with E-state index in [1.54, 1.807) is 12.9 Å². The Morgan fingerprint density at radius 2 is 1.89 bits per heavy atom. The second-order valence-electron chi connectivity index (χ2n) is 4.33. The second kappa shape index (κ2) is 6.19. The maximum absolute atomic E-state index is 11.7. The van der Waals surface area contributed by atoms with Crippen LogP contribution in [-0.2, 0) is 4.57 Å². The van der Waals surface area contributed by atoms with Crippen molar-refractivity contribution < 1.29 is 4.57 Å². The zero-order valence-electron chi connectivity index (χ0n) is 11.0. The molecule has 0 aliphatic heterocycles. The van der Waals surface area contributed by atoms with Crippen LogP contribution in [0.2, 0.25) is 0 Å². The molecule has 0 saturated carbocycles. The maximum atomic E-state index is 11.7. The number of para-hydroxylation sites is 1. The second-order valence-corrected chi connectivity index (χ2v) is 6.43. The molecule has 0 bridgehead atoms. The highest BCUT2D eigenvalue weighted by Crippen LogP contribution is 2.19. The average Bonchev–Trinajstić information content (AvgIpc) is 2.38. The maximum Gasteiger partial charge on any atom is 0.374 e. The van der Waals surface area contributed by atoms with E-state index in [0.717, 1.165) is 27.4 Å². The Balaban J connectivity index is 2.41. The van der Waals surface area contributed by atoms with Crippen LogP contribution in [-0.4, -0.2) is 12.9 Å². The van der Waals surface area contributed by atoms with Crippen LogP contribution < -0.4 is 10.6 Å². The van der Waals surface area contributed by atoms with Gasteiger partial charge in [-0.2, -0.15) is 0 Å². The first-order chi connectivity index (χ1) is 9.09. The van der Waals surface area contributed by atoms with Crippen LogP contribution in [0, 0.1) is 6.92 Å². The smallest absolute Gasteiger partial charge is 0.255 e. The fraction of sp³-hybridized carbons (Fsp3) is 0.133. The van der Waals surface area contributed by atoms with E-state index in [-0.39, 0.29) is 0 Å². The highest BCUT2D eigenvalue weighted by Gasteiger charge is 2.15. The lowest BCUT2D eigenvalue weighted by Gasteiger charge is -2.03. The number of benzene rings is 2. The van der Waals surface area contributed by atoms with Gasteiger partial charge < -0.3 is 0 Å². The summed E-state index contributed by atoms with van der Waals surface area (Å²) in [6, 6.07) is 13.7. The van der Waals surface area contributed by atoms with E-state index in [4.69, 9.17) is 0 Å². The minimum atomic E-state index is -1.36. The molecule has 2 aromatic rings. The lowest BCUT2D eigenvalue weighted by molar-refractivity contribution is 0.596. The lowest BCUT2D eigenvalue weighted by atomic mass is 10.2. The van der Waals surface area contributed by atoms with Crippen molar-refractivity contribution >= 4 is 39.6 Å². The number of nitrogens with zero attached hydrogens (tertiary/aromatic N) is 1. The van der Waals surface area contributed by atoms with E-state index in [9.17, 15) is 4.57 Å². The molecule has 19 heavy (non-hydrogen) atoms. The molecule has 96 valence electrons. The SMILES string of the molecule is Cc1cccc(P)c1N=Cc1ccccc1[P+](C)=O. The third kappa shape index (κ3) is 3.35. The first kappa shape index (κ1) is 14.1. The quantitative estimate of drug-likeness (QED) is 0.629. The summed E-state index contributed by atoms with van der Waals surface area (Å²) >= 11 is 0. The van der Waals surface area contributed by atoms with Gasteiger partial charge in [-0.05, 0) is 29.9 Å². The van der Waals surface area contributed by atoms with Crippen molar-refractivity contribution in [3.63, 3.8) is 0 Å². The molecule has 4 heteroatoms. The Kier molecular flexibility index (Phi) is 4.58. The summed E-state index contributed by atoms with van der Waals surface area (Å²) < 4.78 is 11.7. The number of hydrogen-bond acceptors (Lipinski definition) is 2. The van der Waals surface area contributed by atoms with Crippen LogP contribution in [0.1, 0.15) is 11.1 Å². The minimum Gasteiger partial charge on any atom is -0.255 e. The summed E-state index contributed by atoms with van der Waals surface area (Å²) in [6.07, 6.45) is 1.79. The predicted octanol–water partition coefficient (Wildman–Crippen LogP) is 3.33. The predicted molar refractivity (Wildman–Crippen MR) is 87.4 cm³/mol. The molecule has 0 N–H and O–H groups in total. The Labute approximate surface area is 117 Å². The molecule has 0 aromatic heterocycles. The third-order valence-corrected chi connectivity index (χ3v) is 4.43. The van der Waals surface area contributed by atoms with Gasteiger partial charge >= 0.3 is 7.80 Å². The number of aryl methyl sites for hydroxylation is 1. The van der Waals surface area contributed by atoms with Crippen molar-refractivity contribution in [3.8, 4) is 0 Å². The van der Waals surface area contributed by atoms with Gasteiger partial charge in [0.05, 0.1) is 5.69 Å². The van der Waals surface area contributed by atoms with Crippen molar-refractivity contribution in [3.05, 3.63) is 53.6 Å². The average molecular weight is 288 g/mol. The van der Waals surface area contributed by atoms with E-state index in [0.29, 0.717) is 0 Å².